The second-order valence-corrected chi connectivity index (χ2v) is 6.74. The maximum atomic E-state index is 13.6. The van der Waals surface area contributed by atoms with E-state index < -0.39 is 23.7 Å². The van der Waals surface area contributed by atoms with E-state index in [-0.39, 0.29) is 11.7 Å². The molecule has 156 valence electrons. The number of benzene rings is 2. The van der Waals surface area contributed by atoms with Crippen molar-refractivity contribution in [2.75, 3.05) is 11.4 Å². The van der Waals surface area contributed by atoms with E-state index in [2.05, 4.69) is 10.9 Å². The number of anilines is 1. The van der Waals surface area contributed by atoms with Crippen LogP contribution < -0.4 is 20.5 Å². The van der Waals surface area contributed by atoms with Gasteiger partial charge in [-0.2, -0.15) is 0 Å². The van der Waals surface area contributed by atoms with Crippen molar-refractivity contribution in [3.05, 3.63) is 66.0 Å². The van der Waals surface area contributed by atoms with Crippen molar-refractivity contribution >= 4 is 29.5 Å². The van der Waals surface area contributed by atoms with Gasteiger partial charge in [0.25, 0.3) is 11.8 Å². The minimum Gasteiger partial charge on any atom is -0.478 e. The summed E-state index contributed by atoms with van der Waals surface area (Å²) < 4.78 is 18.8. The minimum absolute atomic E-state index is 0.0505. The highest BCUT2D eigenvalue weighted by Crippen LogP contribution is 2.22. The molecular formula is C22H22FN3O4. The van der Waals surface area contributed by atoms with Crippen LogP contribution in [-0.2, 0) is 14.4 Å². The van der Waals surface area contributed by atoms with Crippen LogP contribution in [0.25, 0.3) is 6.08 Å². The number of rotatable bonds is 6. The van der Waals surface area contributed by atoms with Gasteiger partial charge in [-0.05, 0) is 49.2 Å². The van der Waals surface area contributed by atoms with Gasteiger partial charge in [0.1, 0.15) is 0 Å². The highest BCUT2D eigenvalue weighted by molar-refractivity contribution is 5.96. The molecule has 1 saturated heterocycles. The fraction of sp³-hybridized carbons (Fsp3) is 0.227. The molecule has 2 aromatic rings. The molecule has 8 heteroatoms. The highest BCUT2D eigenvalue weighted by Gasteiger charge is 2.21. The summed E-state index contributed by atoms with van der Waals surface area (Å²) in [4.78, 5) is 37.4. The molecule has 1 fully saturated rings. The third-order valence-corrected chi connectivity index (χ3v) is 4.52. The summed E-state index contributed by atoms with van der Waals surface area (Å²) in [5.41, 5.74) is 6.07. The third-order valence-electron chi connectivity index (χ3n) is 4.52. The Morgan fingerprint density at radius 2 is 1.87 bits per heavy atom. The van der Waals surface area contributed by atoms with Crippen molar-refractivity contribution in [2.24, 2.45) is 0 Å². The summed E-state index contributed by atoms with van der Waals surface area (Å²) in [6, 6.07) is 13.0. The molecule has 1 atom stereocenters. The Bertz CT molecular complexity index is 959. The van der Waals surface area contributed by atoms with Gasteiger partial charge in [0.2, 0.25) is 5.91 Å². The van der Waals surface area contributed by atoms with Gasteiger partial charge in [0.15, 0.2) is 17.7 Å². The van der Waals surface area contributed by atoms with Crippen LogP contribution in [0, 0.1) is 5.82 Å². The maximum Gasteiger partial charge on any atom is 0.279 e. The molecule has 0 aromatic heterocycles. The lowest BCUT2D eigenvalue weighted by molar-refractivity contribution is -0.131. The molecule has 2 N–H and O–H groups in total. The topological polar surface area (TPSA) is 87.7 Å². The largest absolute Gasteiger partial charge is 0.478 e. The van der Waals surface area contributed by atoms with E-state index in [4.69, 9.17) is 4.74 Å². The number of carbonyl (C=O) groups is 3. The second-order valence-electron chi connectivity index (χ2n) is 6.74. The van der Waals surface area contributed by atoms with E-state index in [0.717, 1.165) is 24.2 Å². The van der Waals surface area contributed by atoms with Gasteiger partial charge in [-0.1, -0.05) is 24.3 Å². The Labute approximate surface area is 173 Å². The lowest BCUT2D eigenvalue weighted by Gasteiger charge is -2.15. The van der Waals surface area contributed by atoms with Crippen molar-refractivity contribution in [3.8, 4) is 5.75 Å². The predicted molar refractivity (Wildman–Crippen MR) is 110 cm³/mol. The normalized spacial score (nSPS) is 14.6. The van der Waals surface area contributed by atoms with Crippen LogP contribution in [-0.4, -0.2) is 30.4 Å². The lowest BCUT2D eigenvalue weighted by atomic mass is 10.2. The standard InChI is InChI=1S/C22H22FN3O4/c1-15(30-19-6-3-2-5-18(19)23)22(29)25-24-20(27)13-10-16-8-11-17(12-9-16)26-14-4-7-21(26)28/h2-3,5-6,8-13,15H,4,7,14H2,1H3,(H,24,27)(H,25,29). The fourth-order valence-corrected chi connectivity index (χ4v) is 2.91. The number of hydrogen-bond donors (Lipinski definition) is 2. The fourth-order valence-electron chi connectivity index (χ4n) is 2.91. The van der Waals surface area contributed by atoms with Gasteiger partial charge in [-0.15, -0.1) is 0 Å². The van der Waals surface area contributed by atoms with Gasteiger partial charge in [-0.25, -0.2) is 4.39 Å². The summed E-state index contributed by atoms with van der Waals surface area (Å²) in [5, 5.41) is 0. The molecule has 1 heterocycles. The molecule has 3 amide bonds. The van der Waals surface area contributed by atoms with Gasteiger partial charge < -0.3 is 9.64 Å². The Kier molecular flexibility index (Phi) is 6.79. The number of ether oxygens (including phenoxy) is 1. The average molecular weight is 411 g/mol. The molecule has 1 aliphatic rings. The van der Waals surface area contributed by atoms with Crippen molar-refractivity contribution in [1.82, 2.24) is 10.9 Å². The number of nitrogens with one attached hydrogen (secondary N) is 2. The van der Waals surface area contributed by atoms with E-state index in [0.29, 0.717) is 6.42 Å². The molecule has 30 heavy (non-hydrogen) atoms. The zero-order valence-corrected chi connectivity index (χ0v) is 16.4. The molecule has 2 aromatic carbocycles. The Morgan fingerprint density at radius 3 is 2.53 bits per heavy atom. The van der Waals surface area contributed by atoms with Crippen LogP contribution >= 0.6 is 0 Å². The minimum atomic E-state index is -1.01. The smallest absolute Gasteiger partial charge is 0.279 e. The van der Waals surface area contributed by atoms with Crippen LogP contribution in [0.4, 0.5) is 10.1 Å². The number of para-hydroxylation sites is 1. The van der Waals surface area contributed by atoms with Crippen LogP contribution in [0.15, 0.2) is 54.6 Å². The van der Waals surface area contributed by atoms with Crippen molar-refractivity contribution in [1.29, 1.82) is 0 Å². The van der Waals surface area contributed by atoms with Crippen LogP contribution in [0.5, 0.6) is 5.75 Å². The Morgan fingerprint density at radius 1 is 1.13 bits per heavy atom. The van der Waals surface area contributed by atoms with E-state index in [1.54, 1.807) is 29.2 Å². The first-order valence-corrected chi connectivity index (χ1v) is 9.53. The molecule has 0 aliphatic carbocycles. The summed E-state index contributed by atoms with van der Waals surface area (Å²) in [6.45, 7) is 2.16. The quantitative estimate of drug-likeness (QED) is 0.565. The molecule has 0 saturated carbocycles. The molecule has 1 unspecified atom stereocenters. The average Bonchev–Trinajstić information content (AvgIpc) is 3.18. The van der Waals surface area contributed by atoms with E-state index in [1.807, 2.05) is 12.1 Å². The zero-order valence-electron chi connectivity index (χ0n) is 16.4. The molecule has 0 spiro atoms. The van der Waals surface area contributed by atoms with Crippen molar-refractivity contribution < 1.29 is 23.5 Å². The van der Waals surface area contributed by atoms with E-state index in [1.165, 1.54) is 31.2 Å². The predicted octanol–water partition coefficient (Wildman–Crippen LogP) is 2.58. The second kappa shape index (κ2) is 9.69. The number of hydrogen-bond acceptors (Lipinski definition) is 4. The van der Waals surface area contributed by atoms with Crippen LogP contribution in [0.3, 0.4) is 0 Å². The summed E-state index contributed by atoms with van der Waals surface area (Å²) in [6.07, 6.45) is 3.26. The van der Waals surface area contributed by atoms with Crippen LogP contribution in [0.2, 0.25) is 0 Å². The van der Waals surface area contributed by atoms with Crippen molar-refractivity contribution in [2.45, 2.75) is 25.9 Å². The molecule has 1 aliphatic heterocycles. The van der Waals surface area contributed by atoms with Gasteiger partial charge >= 0.3 is 0 Å². The summed E-state index contributed by atoms with van der Waals surface area (Å²) in [5.74, 6) is -1.68. The van der Waals surface area contributed by atoms with E-state index >= 15 is 0 Å². The van der Waals surface area contributed by atoms with Gasteiger partial charge in [0.05, 0.1) is 0 Å². The number of nitrogens with zero attached hydrogens (tertiary/aromatic N) is 1. The summed E-state index contributed by atoms with van der Waals surface area (Å²) in [7, 11) is 0. The third kappa shape index (κ3) is 5.44. The molecule has 3 rings (SSSR count). The molecule has 0 radical (unpaired) electrons. The highest BCUT2D eigenvalue weighted by atomic mass is 19.1. The monoisotopic (exact) mass is 411 g/mol. The number of hydrazine groups is 1. The van der Waals surface area contributed by atoms with Crippen LogP contribution in [0.1, 0.15) is 25.3 Å². The number of halogens is 1. The maximum absolute atomic E-state index is 13.6. The van der Waals surface area contributed by atoms with E-state index in [9.17, 15) is 18.8 Å². The van der Waals surface area contributed by atoms with Crippen molar-refractivity contribution in [3.63, 3.8) is 0 Å². The molecule has 7 nitrogen and oxygen atoms in total. The molecule has 0 bridgehead atoms. The first kappa shape index (κ1) is 21.0. The first-order chi connectivity index (χ1) is 14.4. The first-order valence-electron chi connectivity index (χ1n) is 9.53. The number of carbonyl (C=O) groups excluding carboxylic acids is 3. The SMILES string of the molecule is CC(Oc1ccccc1F)C(=O)NNC(=O)C=Cc1ccc(N2CCCC2=O)cc1. The molecular weight excluding hydrogens is 389 g/mol. The summed E-state index contributed by atoms with van der Waals surface area (Å²) >= 11 is 0. The Balaban J connectivity index is 1.46. The number of amides is 3. The Hall–Kier alpha value is -3.68. The zero-order chi connectivity index (χ0) is 21.5. The van der Waals surface area contributed by atoms with Gasteiger partial charge in [-0.3, -0.25) is 25.2 Å². The van der Waals surface area contributed by atoms with Gasteiger partial charge in [0, 0.05) is 24.7 Å². The lowest BCUT2D eigenvalue weighted by Crippen LogP contribution is -2.46.